The first-order valence-corrected chi connectivity index (χ1v) is 10.0. The van der Waals surface area contributed by atoms with Crippen LogP contribution in [0.15, 0.2) is 35.7 Å². The van der Waals surface area contributed by atoms with Gasteiger partial charge in [0.1, 0.15) is 5.01 Å². The van der Waals surface area contributed by atoms with Crippen LogP contribution in [0.5, 0.6) is 0 Å². The number of nitrogens with zero attached hydrogens (tertiary/aromatic N) is 3. The Morgan fingerprint density at radius 1 is 1.17 bits per heavy atom. The number of hydrogen-bond donors (Lipinski definition) is 1. The zero-order chi connectivity index (χ0) is 18.9. The molecule has 2 aliphatic heterocycles. The summed E-state index contributed by atoms with van der Waals surface area (Å²) < 4.78 is 26.6. The van der Waals surface area contributed by atoms with Gasteiger partial charge in [-0.1, -0.05) is 30.3 Å². The first-order valence-electron chi connectivity index (χ1n) is 9.12. The number of hydrogen-bond acceptors (Lipinski definition) is 5. The van der Waals surface area contributed by atoms with E-state index in [1.54, 1.807) is 16.2 Å². The van der Waals surface area contributed by atoms with Crippen molar-refractivity contribution in [2.75, 3.05) is 32.7 Å². The smallest absolute Gasteiger partial charge is 0.262 e. The number of piperazine rings is 1. The summed E-state index contributed by atoms with van der Waals surface area (Å²) in [7, 11) is 0. The molecule has 0 spiro atoms. The van der Waals surface area contributed by atoms with Gasteiger partial charge in [-0.15, -0.1) is 36.2 Å². The van der Waals surface area contributed by atoms with Crippen molar-refractivity contribution in [2.45, 2.75) is 24.9 Å². The highest BCUT2D eigenvalue weighted by molar-refractivity contribution is 7.13. The number of benzene rings is 1. The van der Waals surface area contributed by atoms with E-state index in [2.05, 4.69) is 15.6 Å². The maximum absolute atomic E-state index is 13.3. The van der Waals surface area contributed by atoms with Crippen LogP contribution in [0.2, 0.25) is 0 Å². The molecule has 1 aromatic carbocycles. The largest absolute Gasteiger partial charge is 0.339 e. The van der Waals surface area contributed by atoms with Gasteiger partial charge in [0.05, 0.1) is 18.3 Å². The van der Waals surface area contributed by atoms with Crippen LogP contribution in [0.3, 0.4) is 0 Å². The van der Waals surface area contributed by atoms with Crippen LogP contribution >= 0.6 is 36.2 Å². The van der Waals surface area contributed by atoms with Gasteiger partial charge in [0.25, 0.3) is 5.92 Å². The summed E-state index contributed by atoms with van der Waals surface area (Å²) in [6, 6.07) is 9.34. The van der Waals surface area contributed by atoms with Gasteiger partial charge in [-0.2, -0.15) is 0 Å². The zero-order valence-electron chi connectivity index (χ0n) is 15.7. The molecule has 0 saturated carbocycles. The minimum absolute atomic E-state index is 0. The van der Waals surface area contributed by atoms with Crippen molar-refractivity contribution in [3.05, 3.63) is 41.4 Å². The molecular formula is C19H24Cl2F2N4OS. The number of carbonyl (C=O) groups is 1. The zero-order valence-corrected chi connectivity index (χ0v) is 18.2. The van der Waals surface area contributed by atoms with E-state index < -0.39 is 24.9 Å². The van der Waals surface area contributed by atoms with E-state index in [1.807, 2.05) is 30.3 Å². The van der Waals surface area contributed by atoms with Gasteiger partial charge in [0, 0.05) is 50.1 Å². The standard InChI is InChI=1S/C19H22F2N4OS.2ClH/c20-19(21)10-16(22-13-19)18(26)25-8-6-24(7-9-25)11-15-12-27-17(23-15)14-4-2-1-3-5-14;;/h1-5,12,16,22H,6-11,13H2;2*1H. The number of thiazole rings is 1. The molecule has 4 rings (SSSR count). The van der Waals surface area contributed by atoms with E-state index in [0.717, 1.165) is 35.9 Å². The Labute approximate surface area is 185 Å². The molecular weight excluding hydrogens is 441 g/mol. The molecule has 3 heterocycles. The lowest BCUT2D eigenvalue weighted by atomic mass is 10.1. The monoisotopic (exact) mass is 464 g/mol. The van der Waals surface area contributed by atoms with Crippen molar-refractivity contribution in [3.8, 4) is 10.6 Å². The first kappa shape index (κ1) is 24.0. The summed E-state index contributed by atoms with van der Waals surface area (Å²) >= 11 is 1.63. The average Bonchev–Trinajstić information content (AvgIpc) is 3.29. The fourth-order valence-electron chi connectivity index (χ4n) is 3.56. The van der Waals surface area contributed by atoms with Crippen molar-refractivity contribution < 1.29 is 13.6 Å². The molecule has 0 bridgehead atoms. The van der Waals surface area contributed by atoms with E-state index in [9.17, 15) is 13.6 Å². The molecule has 2 aromatic rings. The van der Waals surface area contributed by atoms with Crippen molar-refractivity contribution in [1.29, 1.82) is 0 Å². The molecule has 160 valence electrons. The van der Waals surface area contributed by atoms with Crippen LogP contribution in [0, 0.1) is 0 Å². The predicted molar refractivity (Wildman–Crippen MR) is 115 cm³/mol. The lowest BCUT2D eigenvalue weighted by molar-refractivity contribution is -0.135. The van der Waals surface area contributed by atoms with Crippen molar-refractivity contribution in [1.82, 2.24) is 20.1 Å². The van der Waals surface area contributed by atoms with Gasteiger partial charge in [-0.3, -0.25) is 15.0 Å². The highest BCUT2D eigenvalue weighted by atomic mass is 35.5. The summed E-state index contributed by atoms with van der Waals surface area (Å²) in [5.41, 5.74) is 2.14. The van der Waals surface area contributed by atoms with Gasteiger partial charge in [0.15, 0.2) is 0 Å². The fraction of sp³-hybridized carbons (Fsp3) is 0.474. The molecule has 29 heavy (non-hydrogen) atoms. The number of alkyl halides is 2. The SMILES string of the molecule is Cl.Cl.O=C(C1CC(F)(F)CN1)N1CCN(Cc2csc(-c3ccccc3)n2)CC1. The van der Waals surface area contributed by atoms with Gasteiger partial charge < -0.3 is 4.90 Å². The number of nitrogens with one attached hydrogen (secondary N) is 1. The Hall–Kier alpha value is -1.32. The van der Waals surface area contributed by atoms with Crippen LogP contribution in [0.1, 0.15) is 12.1 Å². The molecule has 1 unspecified atom stereocenters. The second-order valence-electron chi connectivity index (χ2n) is 7.11. The average molecular weight is 465 g/mol. The normalized spacial score (nSPS) is 21.3. The molecule has 2 saturated heterocycles. The van der Waals surface area contributed by atoms with E-state index in [0.29, 0.717) is 13.1 Å². The third-order valence-corrected chi connectivity index (χ3v) is 5.99. The summed E-state index contributed by atoms with van der Waals surface area (Å²) in [4.78, 5) is 21.1. The minimum atomic E-state index is -2.77. The highest BCUT2D eigenvalue weighted by Gasteiger charge is 2.43. The maximum Gasteiger partial charge on any atom is 0.262 e. The third kappa shape index (κ3) is 5.86. The fourth-order valence-corrected chi connectivity index (χ4v) is 4.38. The number of halogens is 4. The van der Waals surface area contributed by atoms with E-state index >= 15 is 0 Å². The van der Waals surface area contributed by atoms with E-state index in [-0.39, 0.29) is 30.7 Å². The highest BCUT2D eigenvalue weighted by Crippen LogP contribution is 2.27. The Bertz CT molecular complexity index is 801. The Morgan fingerprint density at radius 3 is 2.48 bits per heavy atom. The lowest BCUT2D eigenvalue weighted by Gasteiger charge is -2.35. The summed E-state index contributed by atoms with van der Waals surface area (Å²) in [6.07, 6.45) is -0.396. The predicted octanol–water partition coefficient (Wildman–Crippen LogP) is 3.30. The minimum Gasteiger partial charge on any atom is -0.339 e. The summed E-state index contributed by atoms with van der Waals surface area (Å²) in [5.74, 6) is -2.98. The maximum atomic E-state index is 13.3. The van der Waals surface area contributed by atoms with Crippen molar-refractivity contribution in [3.63, 3.8) is 0 Å². The van der Waals surface area contributed by atoms with Crippen LogP contribution in [-0.4, -0.2) is 65.4 Å². The first-order chi connectivity index (χ1) is 13.0. The number of amides is 1. The Balaban J connectivity index is 0.00000150. The van der Waals surface area contributed by atoms with Gasteiger partial charge in [0.2, 0.25) is 5.91 Å². The molecule has 10 heteroatoms. The van der Waals surface area contributed by atoms with Crippen LogP contribution in [-0.2, 0) is 11.3 Å². The summed E-state index contributed by atoms with van der Waals surface area (Å²) in [6.45, 7) is 2.93. The number of aromatic nitrogens is 1. The van der Waals surface area contributed by atoms with Crippen molar-refractivity contribution >= 4 is 42.1 Å². The third-order valence-electron chi connectivity index (χ3n) is 5.05. The lowest BCUT2D eigenvalue weighted by Crippen LogP contribution is -2.52. The molecule has 1 aromatic heterocycles. The molecule has 2 aliphatic rings. The van der Waals surface area contributed by atoms with Crippen LogP contribution < -0.4 is 5.32 Å². The molecule has 0 aliphatic carbocycles. The van der Waals surface area contributed by atoms with E-state index in [1.165, 1.54) is 0 Å². The molecule has 1 atom stereocenters. The second kappa shape index (κ2) is 10.1. The van der Waals surface area contributed by atoms with Crippen molar-refractivity contribution in [2.24, 2.45) is 0 Å². The molecule has 2 fully saturated rings. The second-order valence-corrected chi connectivity index (χ2v) is 7.96. The quantitative estimate of drug-likeness (QED) is 0.753. The topological polar surface area (TPSA) is 48.5 Å². The Morgan fingerprint density at radius 2 is 1.86 bits per heavy atom. The van der Waals surface area contributed by atoms with Crippen LogP contribution in [0.4, 0.5) is 8.78 Å². The molecule has 1 N–H and O–H groups in total. The van der Waals surface area contributed by atoms with Crippen LogP contribution in [0.25, 0.3) is 10.6 Å². The van der Waals surface area contributed by atoms with E-state index in [4.69, 9.17) is 4.98 Å². The van der Waals surface area contributed by atoms with Gasteiger partial charge in [-0.25, -0.2) is 13.8 Å². The number of rotatable bonds is 4. The molecule has 5 nitrogen and oxygen atoms in total. The van der Waals surface area contributed by atoms with Gasteiger partial charge in [-0.05, 0) is 0 Å². The summed E-state index contributed by atoms with van der Waals surface area (Å²) in [5, 5.41) is 5.73. The Kier molecular flexibility index (Phi) is 8.37. The number of carbonyl (C=O) groups excluding carboxylic acids is 1. The molecule has 1 amide bonds. The van der Waals surface area contributed by atoms with Gasteiger partial charge >= 0.3 is 0 Å². The molecule has 0 radical (unpaired) electrons.